The number of hydrogen-bond acceptors (Lipinski definition) is 7. The van der Waals surface area contributed by atoms with Crippen LogP contribution < -0.4 is 0 Å². The standard InChI is InChI=1S/C18H26N2O6S/c1-10(2)13(20(7)17(24)26-18(4,5)6)8-14(25-11(3)21)15-19-12(9-27-15)16(22)23/h9,13-14H,1,8H2,2-7H3,(H,22,23)/t13-,14-/m1/s1. The van der Waals surface area contributed by atoms with Crippen LogP contribution in [0.4, 0.5) is 4.79 Å². The van der Waals surface area contributed by atoms with Crippen molar-refractivity contribution in [2.75, 3.05) is 7.05 Å². The van der Waals surface area contributed by atoms with Gasteiger partial charge in [0.1, 0.15) is 10.6 Å². The summed E-state index contributed by atoms with van der Waals surface area (Å²) in [5.41, 5.74) is -0.124. The third kappa shape index (κ3) is 7.01. The summed E-state index contributed by atoms with van der Waals surface area (Å²) in [7, 11) is 1.57. The van der Waals surface area contributed by atoms with Crippen molar-refractivity contribution in [2.24, 2.45) is 0 Å². The molecular formula is C18H26N2O6S. The number of likely N-dealkylation sites (N-methyl/N-ethyl adjacent to an activating group) is 1. The summed E-state index contributed by atoms with van der Waals surface area (Å²) in [6, 6.07) is -0.499. The zero-order valence-corrected chi connectivity index (χ0v) is 17.3. The Morgan fingerprint density at radius 2 is 1.93 bits per heavy atom. The molecule has 1 aromatic heterocycles. The Bertz CT molecular complexity index is 722. The first-order valence-electron chi connectivity index (χ1n) is 8.29. The van der Waals surface area contributed by atoms with Gasteiger partial charge in [0.15, 0.2) is 11.8 Å². The first kappa shape index (κ1) is 22.6. The van der Waals surface area contributed by atoms with Crippen molar-refractivity contribution < 1.29 is 29.0 Å². The Labute approximate surface area is 162 Å². The highest BCUT2D eigenvalue weighted by molar-refractivity contribution is 7.09. The highest BCUT2D eigenvalue weighted by atomic mass is 32.1. The summed E-state index contributed by atoms with van der Waals surface area (Å²) >= 11 is 1.08. The van der Waals surface area contributed by atoms with E-state index in [0.29, 0.717) is 10.6 Å². The SMILES string of the molecule is C=C(C)[C@@H](C[C@@H](OC(C)=O)c1nc(C(=O)O)cs1)N(C)C(=O)OC(C)(C)C. The van der Waals surface area contributed by atoms with Gasteiger partial charge in [0.2, 0.25) is 0 Å². The maximum Gasteiger partial charge on any atom is 0.410 e. The smallest absolute Gasteiger partial charge is 0.410 e. The number of rotatable bonds is 7. The number of hydrogen-bond donors (Lipinski definition) is 1. The molecule has 0 aliphatic rings. The molecule has 1 N–H and O–H groups in total. The number of carbonyl (C=O) groups excluding carboxylic acids is 2. The quantitative estimate of drug-likeness (QED) is 0.552. The van der Waals surface area contributed by atoms with E-state index in [-0.39, 0.29) is 12.1 Å². The molecule has 0 aliphatic heterocycles. The van der Waals surface area contributed by atoms with Gasteiger partial charge >= 0.3 is 18.0 Å². The maximum absolute atomic E-state index is 12.4. The predicted molar refractivity (Wildman–Crippen MR) is 101 cm³/mol. The van der Waals surface area contributed by atoms with Gasteiger partial charge in [0.05, 0.1) is 6.04 Å². The maximum atomic E-state index is 12.4. The van der Waals surface area contributed by atoms with Crippen LogP contribution in [0.3, 0.4) is 0 Å². The summed E-state index contributed by atoms with van der Waals surface area (Å²) in [4.78, 5) is 40.4. The number of amides is 1. The lowest BCUT2D eigenvalue weighted by Crippen LogP contribution is -2.42. The van der Waals surface area contributed by atoms with Gasteiger partial charge in [-0.25, -0.2) is 14.6 Å². The Morgan fingerprint density at radius 3 is 2.33 bits per heavy atom. The third-order valence-corrected chi connectivity index (χ3v) is 4.42. The van der Waals surface area contributed by atoms with E-state index in [1.165, 1.54) is 17.2 Å². The molecule has 9 heteroatoms. The number of esters is 1. The van der Waals surface area contributed by atoms with Crippen molar-refractivity contribution in [3.05, 3.63) is 28.2 Å². The molecule has 0 bridgehead atoms. The molecule has 0 aromatic carbocycles. The first-order valence-corrected chi connectivity index (χ1v) is 9.17. The number of aromatic nitrogens is 1. The molecule has 1 amide bonds. The van der Waals surface area contributed by atoms with Gasteiger partial charge in [-0.3, -0.25) is 4.79 Å². The van der Waals surface area contributed by atoms with E-state index < -0.39 is 35.8 Å². The zero-order chi connectivity index (χ0) is 20.9. The summed E-state index contributed by atoms with van der Waals surface area (Å²) < 4.78 is 10.7. The molecule has 0 saturated heterocycles. The van der Waals surface area contributed by atoms with Crippen LogP contribution in [0.25, 0.3) is 0 Å². The van der Waals surface area contributed by atoms with Gasteiger partial charge < -0.3 is 19.5 Å². The zero-order valence-electron chi connectivity index (χ0n) is 16.4. The molecule has 0 aliphatic carbocycles. The van der Waals surface area contributed by atoms with E-state index in [1.807, 2.05) is 0 Å². The molecule has 0 radical (unpaired) electrons. The van der Waals surface area contributed by atoms with Gasteiger partial charge in [-0.2, -0.15) is 0 Å². The first-order chi connectivity index (χ1) is 12.3. The van der Waals surface area contributed by atoms with Crippen LogP contribution in [-0.4, -0.2) is 51.7 Å². The third-order valence-electron chi connectivity index (χ3n) is 3.48. The highest BCUT2D eigenvalue weighted by Gasteiger charge is 2.31. The molecule has 0 spiro atoms. The molecule has 2 atom stereocenters. The number of thiazole rings is 1. The minimum Gasteiger partial charge on any atom is -0.476 e. The number of carboxylic acid groups (broad SMARTS) is 1. The van der Waals surface area contributed by atoms with Crippen LogP contribution in [0.1, 0.15) is 62.6 Å². The molecule has 150 valence electrons. The van der Waals surface area contributed by atoms with Crippen LogP contribution in [0.15, 0.2) is 17.5 Å². The van der Waals surface area contributed by atoms with Crippen LogP contribution >= 0.6 is 11.3 Å². The van der Waals surface area contributed by atoms with E-state index in [1.54, 1.807) is 34.7 Å². The molecule has 1 rings (SSSR count). The minimum absolute atomic E-state index is 0.125. The van der Waals surface area contributed by atoms with Crippen LogP contribution in [0, 0.1) is 0 Å². The monoisotopic (exact) mass is 398 g/mol. The average Bonchev–Trinajstić information content (AvgIpc) is 2.98. The molecule has 0 unspecified atom stereocenters. The molecule has 0 fully saturated rings. The Balaban J connectivity index is 3.09. The van der Waals surface area contributed by atoms with Crippen molar-refractivity contribution >= 4 is 29.4 Å². The summed E-state index contributed by atoms with van der Waals surface area (Å²) in [6.45, 7) is 12.2. The van der Waals surface area contributed by atoms with E-state index in [9.17, 15) is 14.4 Å². The second kappa shape index (κ2) is 8.98. The molecule has 27 heavy (non-hydrogen) atoms. The number of aromatic carboxylic acids is 1. The van der Waals surface area contributed by atoms with Gasteiger partial charge in [-0.05, 0) is 27.7 Å². The summed E-state index contributed by atoms with van der Waals surface area (Å²) in [5.74, 6) is -1.70. The van der Waals surface area contributed by atoms with Gasteiger partial charge in [0.25, 0.3) is 0 Å². The average molecular weight is 398 g/mol. The number of carboxylic acids is 1. The number of nitrogens with zero attached hydrogens (tertiary/aromatic N) is 2. The van der Waals surface area contributed by atoms with E-state index in [0.717, 1.165) is 11.3 Å². The van der Waals surface area contributed by atoms with Crippen molar-refractivity contribution in [3.63, 3.8) is 0 Å². The minimum atomic E-state index is -1.17. The van der Waals surface area contributed by atoms with Crippen LogP contribution in [0.5, 0.6) is 0 Å². The van der Waals surface area contributed by atoms with E-state index in [4.69, 9.17) is 14.6 Å². The molecular weight excluding hydrogens is 372 g/mol. The lowest BCUT2D eigenvalue weighted by Gasteiger charge is -2.32. The van der Waals surface area contributed by atoms with Crippen molar-refractivity contribution in [1.29, 1.82) is 0 Å². The topological polar surface area (TPSA) is 106 Å². The van der Waals surface area contributed by atoms with Crippen molar-refractivity contribution in [2.45, 2.75) is 58.8 Å². The second-order valence-electron chi connectivity index (χ2n) is 7.16. The Kier molecular flexibility index (Phi) is 7.53. The lowest BCUT2D eigenvalue weighted by atomic mass is 10.0. The van der Waals surface area contributed by atoms with Crippen LogP contribution in [-0.2, 0) is 14.3 Å². The Hall–Kier alpha value is -2.42. The number of ether oxygens (including phenoxy) is 2. The van der Waals surface area contributed by atoms with Gasteiger partial charge in [0, 0.05) is 25.8 Å². The normalized spacial score (nSPS) is 13.4. The fourth-order valence-electron chi connectivity index (χ4n) is 2.29. The Morgan fingerprint density at radius 1 is 1.33 bits per heavy atom. The highest BCUT2D eigenvalue weighted by Crippen LogP contribution is 2.30. The number of carbonyl (C=O) groups is 3. The van der Waals surface area contributed by atoms with Crippen molar-refractivity contribution in [1.82, 2.24) is 9.88 Å². The molecule has 8 nitrogen and oxygen atoms in total. The molecule has 1 heterocycles. The van der Waals surface area contributed by atoms with Gasteiger partial charge in [-0.1, -0.05) is 12.2 Å². The molecule has 0 saturated carbocycles. The lowest BCUT2D eigenvalue weighted by molar-refractivity contribution is -0.147. The van der Waals surface area contributed by atoms with Gasteiger partial charge in [-0.15, -0.1) is 11.3 Å². The second-order valence-corrected chi connectivity index (χ2v) is 8.05. The van der Waals surface area contributed by atoms with E-state index in [2.05, 4.69) is 11.6 Å². The molecule has 1 aromatic rings. The van der Waals surface area contributed by atoms with E-state index >= 15 is 0 Å². The van der Waals surface area contributed by atoms with Crippen LogP contribution in [0.2, 0.25) is 0 Å². The summed E-state index contributed by atoms with van der Waals surface area (Å²) in [5, 5.41) is 10.8. The largest absolute Gasteiger partial charge is 0.476 e. The predicted octanol–water partition coefficient (Wildman–Crippen LogP) is 3.65. The fourth-order valence-corrected chi connectivity index (χ4v) is 3.12. The fraction of sp³-hybridized carbons (Fsp3) is 0.556. The summed E-state index contributed by atoms with van der Waals surface area (Å²) in [6.07, 6.45) is -1.17. The van der Waals surface area contributed by atoms with Crippen molar-refractivity contribution in [3.8, 4) is 0 Å².